The minimum Gasteiger partial charge on any atom is -0.318 e. The van der Waals surface area contributed by atoms with Crippen LogP contribution < -0.4 is 5.32 Å². The summed E-state index contributed by atoms with van der Waals surface area (Å²) >= 11 is 0. The van der Waals surface area contributed by atoms with Gasteiger partial charge in [-0.25, -0.2) is 0 Å². The lowest BCUT2D eigenvalue weighted by molar-refractivity contribution is 0.165. The summed E-state index contributed by atoms with van der Waals surface area (Å²) in [5.74, 6) is 0.731. The fraction of sp³-hybridized carbons (Fsp3) is 0.833. The number of hydrogen-bond acceptors (Lipinski definition) is 2. The van der Waals surface area contributed by atoms with Gasteiger partial charge in [-0.05, 0) is 26.3 Å². The summed E-state index contributed by atoms with van der Waals surface area (Å²) in [6.45, 7) is 10.3. The predicted octanol–water partition coefficient (Wildman–Crippen LogP) is 1.88. The molecule has 1 heterocycles. The van der Waals surface area contributed by atoms with Crippen LogP contribution in [-0.2, 0) is 0 Å². The Morgan fingerprint density at radius 2 is 2.21 bits per heavy atom. The largest absolute Gasteiger partial charge is 0.318 e. The van der Waals surface area contributed by atoms with E-state index in [2.05, 4.69) is 37.1 Å². The van der Waals surface area contributed by atoms with Crippen LogP contribution in [0.4, 0.5) is 0 Å². The van der Waals surface area contributed by atoms with Crippen molar-refractivity contribution >= 4 is 0 Å². The highest BCUT2D eigenvalue weighted by molar-refractivity contribution is 5.04. The van der Waals surface area contributed by atoms with E-state index >= 15 is 0 Å². The van der Waals surface area contributed by atoms with E-state index in [0.29, 0.717) is 6.04 Å². The zero-order valence-electron chi connectivity index (χ0n) is 10.0. The van der Waals surface area contributed by atoms with Crippen LogP contribution in [0.15, 0.2) is 11.6 Å². The first kappa shape index (κ1) is 11.7. The molecule has 0 spiro atoms. The number of nitrogens with zero attached hydrogens (tertiary/aromatic N) is 1. The molecule has 1 unspecified atom stereocenters. The van der Waals surface area contributed by atoms with Crippen molar-refractivity contribution in [2.45, 2.75) is 33.2 Å². The third kappa shape index (κ3) is 3.10. The molecule has 1 N–H and O–H groups in total. The standard InChI is InChI=1S/C12H24N2/c1-10(2)12(9-13-4)14-7-5-11(3)6-8-14/h5,10,12-13H,6-9H2,1-4H3. The van der Waals surface area contributed by atoms with Gasteiger partial charge in [-0.2, -0.15) is 0 Å². The number of likely N-dealkylation sites (N-methyl/N-ethyl adjacent to an activating group) is 1. The van der Waals surface area contributed by atoms with E-state index in [1.807, 2.05) is 7.05 Å². The zero-order valence-corrected chi connectivity index (χ0v) is 10.0. The third-order valence-corrected chi connectivity index (χ3v) is 3.12. The quantitative estimate of drug-likeness (QED) is 0.691. The van der Waals surface area contributed by atoms with Crippen LogP contribution in [0.25, 0.3) is 0 Å². The molecule has 1 aliphatic rings. The van der Waals surface area contributed by atoms with E-state index in [9.17, 15) is 0 Å². The second kappa shape index (κ2) is 5.52. The Kier molecular flexibility index (Phi) is 4.63. The molecule has 2 nitrogen and oxygen atoms in total. The Morgan fingerprint density at radius 3 is 2.64 bits per heavy atom. The number of hydrogen-bond donors (Lipinski definition) is 1. The normalized spacial score (nSPS) is 21.1. The van der Waals surface area contributed by atoms with Crippen molar-refractivity contribution in [1.82, 2.24) is 10.2 Å². The van der Waals surface area contributed by atoms with Crippen molar-refractivity contribution < 1.29 is 0 Å². The lowest BCUT2D eigenvalue weighted by atomic mass is 9.99. The Morgan fingerprint density at radius 1 is 1.50 bits per heavy atom. The third-order valence-electron chi connectivity index (χ3n) is 3.12. The molecule has 0 saturated carbocycles. The summed E-state index contributed by atoms with van der Waals surface area (Å²) in [6.07, 6.45) is 3.61. The highest BCUT2D eigenvalue weighted by Crippen LogP contribution is 2.16. The summed E-state index contributed by atoms with van der Waals surface area (Å²) in [6, 6.07) is 0.685. The van der Waals surface area contributed by atoms with Gasteiger partial charge in [0.25, 0.3) is 0 Å². The van der Waals surface area contributed by atoms with Gasteiger partial charge < -0.3 is 5.32 Å². The molecule has 2 heteroatoms. The molecule has 1 aliphatic heterocycles. The molecule has 0 aromatic rings. The lowest BCUT2D eigenvalue weighted by Gasteiger charge is -2.36. The molecular weight excluding hydrogens is 172 g/mol. The molecule has 0 amide bonds. The summed E-state index contributed by atoms with van der Waals surface area (Å²) in [4.78, 5) is 2.59. The molecular formula is C12H24N2. The SMILES string of the molecule is CNCC(C(C)C)N1CC=C(C)CC1. The van der Waals surface area contributed by atoms with Crippen molar-refractivity contribution in [1.29, 1.82) is 0 Å². The van der Waals surface area contributed by atoms with Crippen LogP contribution in [0.2, 0.25) is 0 Å². The van der Waals surface area contributed by atoms with E-state index in [0.717, 1.165) is 19.0 Å². The molecule has 1 rings (SSSR count). The van der Waals surface area contributed by atoms with Gasteiger partial charge in [0.2, 0.25) is 0 Å². The highest BCUT2D eigenvalue weighted by Gasteiger charge is 2.21. The van der Waals surface area contributed by atoms with Gasteiger partial charge in [0.05, 0.1) is 0 Å². The van der Waals surface area contributed by atoms with Crippen LogP contribution in [0.5, 0.6) is 0 Å². The topological polar surface area (TPSA) is 15.3 Å². The number of nitrogens with one attached hydrogen (secondary N) is 1. The van der Waals surface area contributed by atoms with Crippen LogP contribution >= 0.6 is 0 Å². The van der Waals surface area contributed by atoms with E-state index in [4.69, 9.17) is 0 Å². The molecule has 0 aliphatic carbocycles. The van der Waals surface area contributed by atoms with Crippen LogP contribution in [0.1, 0.15) is 27.2 Å². The van der Waals surface area contributed by atoms with Gasteiger partial charge in [-0.3, -0.25) is 4.90 Å². The fourth-order valence-corrected chi connectivity index (χ4v) is 2.08. The summed E-state index contributed by atoms with van der Waals surface area (Å²) in [7, 11) is 2.04. The van der Waals surface area contributed by atoms with E-state index in [1.54, 1.807) is 5.57 Å². The van der Waals surface area contributed by atoms with Crippen LogP contribution in [0, 0.1) is 5.92 Å². The van der Waals surface area contributed by atoms with Crippen molar-refractivity contribution in [2.24, 2.45) is 5.92 Å². The van der Waals surface area contributed by atoms with Crippen molar-refractivity contribution in [3.63, 3.8) is 0 Å². The molecule has 0 aromatic heterocycles. The van der Waals surface area contributed by atoms with Crippen LogP contribution in [0.3, 0.4) is 0 Å². The van der Waals surface area contributed by atoms with Gasteiger partial charge >= 0.3 is 0 Å². The summed E-state index contributed by atoms with van der Waals surface area (Å²) in [5, 5.41) is 3.30. The minimum atomic E-state index is 0.685. The first-order valence-corrected chi connectivity index (χ1v) is 5.69. The van der Waals surface area contributed by atoms with Gasteiger partial charge in [0.1, 0.15) is 0 Å². The maximum absolute atomic E-state index is 3.30. The van der Waals surface area contributed by atoms with E-state index < -0.39 is 0 Å². The molecule has 0 radical (unpaired) electrons. The monoisotopic (exact) mass is 196 g/mol. The van der Waals surface area contributed by atoms with Crippen molar-refractivity contribution in [2.75, 3.05) is 26.7 Å². The average molecular weight is 196 g/mol. The molecule has 0 bridgehead atoms. The summed E-state index contributed by atoms with van der Waals surface area (Å²) in [5.41, 5.74) is 1.55. The van der Waals surface area contributed by atoms with Gasteiger partial charge in [0, 0.05) is 25.7 Å². The van der Waals surface area contributed by atoms with Gasteiger partial charge in [-0.1, -0.05) is 25.5 Å². The fourth-order valence-electron chi connectivity index (χ4n) is 2.08. The second-order valence-corrected chi connectivity index (χ2v) is 4.66. The lowest BCUT2D eigenvalue weighted by Crippen LogP contribution is -2.46. The predicted molar refractivity (Wildman–Crippen MR) is 62.5 cm³/mol. The smallest absolute Gasteiger partial charge is 0.0246 e. The Hall–Kier alpha value is -0.340. The van der Waals surface area contributed by atoms with Crippen LogP contribution in [-0.4, -0.2) is 37.6 Å². The molecule has 82 valence electrons. The average Bonchev–Trinajstić information content (AvgIpc) is 2.15. The molecule has 0 fully saturated rings. The molecule has 1 atom stereocenters. The second-order valence-electron chi connectivity index (χ2n) is 4.66. The number of rotatable bonds is 4. The summed E-state index contributed by atoms with van der Waals surface area (Å²) < 4.78 is 0. The van der Waals surface area contributed by atoms with E-state index in [-0.39, 0.29) is 0 Å². The van der Waals surface area contributed by atoms with Crippen molar-refractivity contribution in [3.05, 3.63) is 11.6 Å². The van der Waals surface area contributed by atoms with E-state index in [1.165, 1.54) is 13.0 Å². The molecule has 14 heavy (non-hydrogen) atoms. The van der Waals surface area contributed by atoms with Crippen molar-refractivity contribution in [3.8, 4) is 0 Å². The zero-order chi connectivity index (χ0) is 10.6. The Balaban J connectivity index is 2.52. The van der Waals surface area contributed by atoms with Gasteiger partial charge in [0.15, 0.2) is 0 Å². The first-order valence-electron chi connectivity index (χ1n) is 5.69. The maximum atomic E-state index is 3.30. The molecule has 0 saturated heterocycles. The minimum absolute atomic E-state index is 0.685. The Labute approximate surface area is 88.4 Å². The Bertz CT molecular complexity index is 196. The maximum Gasteiger partial charge on any atom is 0.0246 e. The highest BCUT2D eigenvalue weighted by atomic mass is 15.2. The molecule has 0 aromatic carbocycles. The first-order chi connectivity index (χ1) is 6.65. The van der Waals surface area contributed by atoms with Gasteiger partial charge in [-0.15, -0.1) is 0 Å².